The van der Waals surface area contributed by atoms with E-state index in [4.69, 9.17) is 4.74 Å². The van der Waals surface area contributed by atoms with Crippen molar-refractivity contribution in [1.29, 1.82) is 0 Å². The predicted molar refractivity (Wildman–Crippen MR) is 63.5 cm³/mol. The van der Waals surface area contributed by atoms with Gasteiger partial charge in [-0.15, -0.1) is 0 Å². The standard InChI is InChI=1S/C12H13N3O2/c1-15-8-7-11(14-15)13-12(16)17-9-10-5-3-2-4-6-10/h2-8H,9H2,1H3,(H,13,14,16). The Kier molecular flexibility index (Phi) is 3.40. The first-order chi connectivity index (χ1) is 8.24. The van der Waals surface area contributed by atoms with Crippen molar-refractivity contribution in [2.75, 3.05) is 5.32 Å². The van der Waals surface area contributed by atoms with E-state index < -0.39 is 6.09 Å². The molecule has 0 spiro atoms. The lowest BCUT2D eigenvalue weighted by atomic mass is 10.2. The Morgan fingerprint density at radius 2 is 2.12 bits per heavy atom. The third-order valence-electron chi connectivity index (χ3n) is 2.16. The summed E-state index contributed by atoms with van der Waals surface area (Å²) in [6, 6.07) is 11.2. The molecule has 5 heteroatoms. The van der Waals surface area contributed by atoms with Crippen molar-refractivity contribution in [3.63, 3.8) is 0 Å². The number of aryl methyl sites for hydroxylation is 1. The third kappa shape index (κ3) is 3.34. The first kappa shape index (κ1) is 11.2. The van der Waals surface area contributed by atoms with Crippen molar-refractivity contribution >= 4 is 11.9 Å². The van der Waals surface area contributed by atoms with Crippen molar-refractivity contribution in [3.05, 3.63) is 48.2 Å². The van der Waals surface area contributed by atoms with Crippen LogP contribution in [0.1, 0.15) is 5.56 Å². The fourth-order valence-corrected chi connectivity index (χ4v) is 1.35. The molecule has 1 amide bonds. The second kappa shape index (κ2) is 5.16. The van der Waals surface area contributed by atoms with Gasteiger partial charge in [-0.3, -0.25) is 10.00 Å². The second-order valence-corrected chi connectivity index (χ2v) is 3.56. The summed E-state index contributed by atoms with van der Waals surface area (Å²) in [6.45, 7) is 0.250. The quantitative estimate of drug-likeness (QED) is 0.880. The van der Waals surface area contributed by atoms with Gasteiger partial charge in [0.2, 0.25) is 0 Å². The molecule has 0 radical (unpaired) electrons. The normalized spacial score (nSPS) is 9.94. The minimum Gasteiger partial charge on any atom is -0.444 e. The molecule has 0 aliphatic carbocycles. The maximum absolute atomic E-state index is 11.4. The van der Waals surface area contributed by atoms with Crippen molar-refractivity contribution in [2.45, 2.75) is 6.61 Å². The lowest BCUT2D eigenvalue weighted by molar-refractivity contribution is 0.155. The molecule has 0 aliphatic heterocycles. The summed E-state index contributed by atoms with van der Waals surface area (Å²) in [5, 5.41) is 6.55. The summed E-state index contributed by atoms with van der Waals surface area (Å²) in [4.78, 5) is 11.4. The van der Waals surface area contributed by atoms with Crippen LogP contribution >= 0.6 is 0 Å². The van der Waals surface area contributed by atoms with Crippen molar-refractivity contribution in [3.8, 4) is 0 Å². The number of amides is 1. The maximum atomic E-state index is 11.4. The van der Waals surface area contributed by atoms with Gasteiger partial charge in [0.05, 0.1) is 0 Å². The van der Waals surface area contributed by atoms with Crippen LogP contribution in [0.3, 0.4) is 0 Å². The van der Waals surface area contributed by atoms with Gasteiger partial charge in [0.15, 0.2) is 5.82 Å². The molecule has 0 aliphatic rings. The van der Waals surface area contributed by atoms with Crippen molar-refractivity contribution in [1.82, 2.24) is 9.78 Å². The van der Waals surface area contributed by atoms with Gasteiger partial charge in [-0.25, -0.2) is 4.79 Å². The molecule has 1 N–H and O–H groups in total. The van der Waals surface area contributed by atoms with E-state index in [0.717, 1.165) is 5.56 Å². The molecule has 0 atom stereocenters. The number of anilines is 1. The Bertz CT molecular complexity index is 493. The molecule has 17 heavy (non-hydrogen) atoms. The number of hydrogen-bond acceptors (Lipinski definition) is 3. The lowest BCUT2D eigenvalue weighted by Crippen LogP contribution is -2.14. The van der Waals surface area contributed by atoms with E-state index in [2.05, 4.69) is 10.4 Å². The minimum absolute atomic E-state index is 0.250. The lowest BCUT2D eigenvalue weighted by Gasteiger charge is -2.04. The summed E-state index contributed by atoms with van der Waals surface area (Å²) in [5.41, 5.74) is 0.948. The molecule has 1 aromatic carbocycles. The Labute approximate surface area is 99.0 Å². The summed E-state index contributed by atoms with van der Waals surface area (Å²) in [6.07, 6.45) is 1.24. The monoisotopic (exact) mass is 231 g/mol. The minimum atomic E-state index is -0.507. The van der Waals surface area contributed by atoms with Crippen LogP contribution in [-0.4, -0.2) is 15.9 Å². The molecule has 0 saturated heterocycles. The van der Waals surface area contributed by atoms with Gasteiger partial charge in [0.25, 0.3) is 0 Å². The highest BCUT2D eigenvalue weighted by Crippen LogP contribution is 2.04. The van der Waals surface area contributed by atoms with Crippen LogP contribution in [0.15, 0.2) is 42.6 Å². The number of nitrogens with zero attached hydrogens (tertiary/aromatic N) is 2. The van der Waals surface area contributed by atoms with E-state index in [1.54, 1.807) is 24.0 Å². The molecular weight excluding hydrogens is 218 g/mol. The summed E-state index contributed by atoms with van der Waals surface area (Å²) in [7, 11) is 1.78. The summed E-state index contributed by atoms with van der Waals surface area (Å²) < 4.78 is 6.65. The molecule has 0 saturated carbocycles. The van der Waals surface area contributed by atoms with Crippen LogP contribution in [0.2, 0.25) is 0 Å². The molecule has 0 bridgehead atoms. The van der Waals surface area contributed by atoms with Gasteiger partial charge < -0.3 is 4.74 Å². The average molecular weight is 231 g/mol. The highest BCUT2D eigenvalue weighted by Gasteiger charge is 2.05. The Morgan fingerprint density at radius 3 is 2.76 bits per heavy atom. The molecule has 88 valence electrons. The van der Waals surface area contributed by atoms with Gasteiger partial charge in [-0.1, -0.05) is 30.3 Å². The van der Waals surface area contributed by atoms with Crippen LogP contribution in [0.4, 0.5) is 10.6 Å². The van der Waals surface area contributed by atoms with E-state index in [1.807, 2.05) is 30.3 Å². The zero-order valence-corrected chi connectivity index (χ0v) is 9.46. The summed E-state index contributed by atoms with van der Waals surface area (Å²) in [5.74, 6) is 0.477. The third-order valence-corrected chi connectivity index (χ3v) is 2.16. The van der Waals surface area contributed by atoms with E-state index in [1.165, 1.54) is 0 Å². The number of benzene rings is 1. The van der Waals surface area contributed by atoms with Crippen LogP contribution < -0.4 is 5.32 Å². The molecular formula is C12H13N3O2. The van der Waals surface area contributed by atoms with Crippen molar-refractivity contribution < 1.29 is 9.53 Å². The zero-order chi connectivity index (χ0) is 12.1. The van der Waals surface area contributed by atoms with E-state index >= 15 is 0 Å². The largest absolute Gasteiger partial charge is 0.444 e. The van der Waals surface area contributed by atoms with Crippen molar-refractivity contribution in [2.24, 2.45) is 7.05 Å². The number of ether oxygens (including phenoxy) is 1. The Morgan fingerprint density at radius 1 is 1.35 bits per heavy atom. The number of carbonyl (C=O) groups excluding carboxylic acids is 1. The Balaban J connectivity index is 1.82. The second-order valence-electron chi connectivity index (χ2n) is 3.56. The van der Waals surface area contributed by atoms with Crippen LogP contribution in [0.25, 0.3) is 0 Å². The highest BCUT2D eigenvalue weighted by atomic mass is 16.5. The number of hydrogen-bond donors (Lipinski definition) is 1. The molecule has 2 aromatic rings. The highest BCUT2D eigenvalue weighted by molar-refractivity contribution is 5.83. The molecule has 2 rings (SSSR count). The smallest absolute Gasteiger partial charge is 0.413 e. The molecule has 0 fully saturated rings. The predicted octanol–water partition coefficient (Wildman–Crippen LogP) is 2.17. The van der Waals surface area contributed by atoms with Gasteiger partial charge in [-0.2, -0.15) is 5.10 Å². The van der Waals surface area contributed by atoms with Gasteiger partial charge in [0, 0.05) is 19.3 Å². The zero-order valence-electron chi connectivity index (χ0n) is 9.46. The van der Waals surface area contributed by atoms with Crippen LogP contribution in [0.5, 0.6) is 0 Å². The molecule has 1 heterocycles. The number of carbonyl (C=O) groups is 1. The Hall–Kier alpha value is -2.30. The van der Waals surface area contributed by atoms with Gasteiger partial charge in [0.1, 0.15) is 6.61 Å². The topological polar surface area (TPSA) is 56.2 Å². The number of rotatable bonds is 3. The van der Waals surface area contributed by atoms with E-state index in [9.17, 15) is 4.79 Å². The summed E-state index contributed by atoms with van der Waals surface area (Å²) >= 11 is 0. The average Bonchev–Trinajstić information content (AvgIpc) is 2.73. The number of aromatic nitrogens is 2. The van der Waals surface area contributed by atoms with Crippen LogP contribution in [-0.2, 0) is 18.4 Å². The number of nitrogens with one attached hydrogen (secondary N) is 1. The fourth-order valence-electron chi connectivity index (χ4n) is 1.35. The van der Waals surface area contributed by atoms with E-state index in [-0.39, 0.29) is 6.61 Å². The van der Waals surface area contributed by atoms with Gasteiger partial charge >= 0.3 is 6.09 Å². The SMILES string of the molecule is Cn1ccc(NC(=O)OCc2ccccc2)n1. The maximum Gasteiger partial charge on any atom is 0.413 e. The van der Waals surface area contributed by atoms with Gasteiger partial charge in [-0.05, 0) is 5.56 Å². The van der Waals surface area contributed by atoms with E-state index in [0.29, 0.717) is 5.82 Å². The molecule has 5 nitrogen and oxygen atoms in total. The first-order valence-corrected chi connectivity index (χ1v) is 5.21. The first-order valence-electron chi connectivity index (χ1n) is 5.21. The molecule has 0 unspecified atom stereocenters. The molecule has 1 aromatic heterocycles. The fraction of sp³-hybridized carbons (Fsp3) is 0.167. The van der Waals surface area contributed by atoms with Crippen LogP contribution in [0, 0.1) is 0 Å².